The lowest BCUT2D eigenvalue weighted by molar-refractivity contribution is -0.162. The number of nitrogens with one attached hydrogen (secondary N) is 1. The number of ether oxygens (including phenoxy) is 1. The lowest BCUT2D eigenvalue weighted by Crippen LogP contribution is -2.54. The van der Waals surface area contributed by atoms with Crippen LogP contribution in [0.25, 0.3) is 10.8 Å². The maximum atomic E-state index is 13.8. The van der Waals surface area contributed by atoms with Crippen molar-refractivity contribution in [3.63, 3.8) is 0 Å². The Bertz CT molecular complexity index is 1360. The molecule has 1 fully saturated rings. The fourth-order valence-electron chi connectivity index (χ4n) is 5.97. The molecule has 1 saturated heterocycles. The SMILES string of the molecule is CCOC(=O)[C@]12CCCC=C1N(Cc1ccccc1)C(=O)[C@H](CC(=O)NCc1cccc3ccccc13)C2. The lowest BCUT2D eigenvalue weighted by atomic mass is 9.66. The van der Waals surface area contributed by atoms with Gasteiger partial charge in [0.25, 0.3) is 0 Å². The highest BCUT2D eigenvalue weighted by atomic mass is 16.5. The summed E-state index contributed by atoms with van der Waals surface area (Å²) in [7, 11) is 0. The normalized spacial score (nSPS) is 21.0. The first-order valence-corrected chi connectivity index (χ1v) is 13.5. The van der Waals surface area contributed by atoms with Gasteiger partial charge in [-0.05, 0) is 54.5 Å². The van der Waals surface area contributed by atoms with Crippen LogP contribution in [0.1, 0.15) is 50.2 Å². The van der Waals surface area contributed by atoms with Gasteiger partial charge in [-0.25, -0.2) is 0 Å². The van der Waals surface area contributed by atoms with Crippen LogP contribution in [0.5, 0.6) is 0 Å². The molecule has 0 spiro atoms. The Kier molecular flexibility index (Phi) is 7.59. The van der Waals surface area contributed by atoms with Gasteiger partial charge in [0.15, 0.2) is 0 Å². The number of carbonyl (C=O) groups is 3. The second-order valence-corrected chi connectivity index (χ2v) is 10.2. The fraction of sp³-hybridized carbons (Fsp3) is 0.344. The minimum Gasteiger partial charge on any atom is -0.465 e. The fourth-order valence-corrected chi connectivity index (χ4v) is 5.97. The lowest BCUT2D eigenvalue weighted by Gasteiger charge is -2.48. The number of benzene rings is 3. The number of hydrogen-bond acceptors (Lipinski definition) is 4. The molecule has 0 saturated carbocycles. The molecule has 0 aromatic heterocycles. The van der Waals surface area contributed by atoms with Gasteiger partial charge in [-0.1, -0.05) is 78.9 Å². The zero-order valence-corrected chi connectivity index (χ0v) is 21.8. The third-order valence-corrected chi connectivity index (χ3v) is 7.77. The van der Waals surface area contributed by atoms with Gasteiger partial charge in [0.1, 0.15) is 5.41 Å². The van der Waals surface area contributed by atoms with Crippen LogP contribution in [0.15, 0.2) is 84.6 Å². The molecule has 196 valence electrons. The molecule has 0 unspecified atom stereocenters. The number of fused-ring (bicyclic) bond motifs is 2. The van der Waals surface area contributed by atoms with Crippen LogP contribution in [0.4, 0.5) is 0 Å². The number of hydrogen-bond donors (Lipinski definition) is 1. The molecule has 5 rings (SSSR count). The number of carbonyl (C=O) groups excluding carboxylic acids is 3. The van der Waals surface area contributed by atoms with E-state index >= 15 is 0 Å². The van der Waals surface area contributed by atoms with Crippen LogP contribution >= 0.6 is 0 Å². The molecule has 2 atom stereocenters. The summed E-state index contributed by atoms with van der Waals surface area (Å²) in [5, 5.41) is 5.23. The van der Waals surface area contributed by atoms with Crippen LogP contribution in [-0.2, 0) is 32.2 Å². The standard InChI is InChI=1S/C32H34N2O4/c1-2-38-31(37)32-18-9-8-17-28(32)34(22-23-11-4-3-5-12-23)30(36)26(20-32)19-29(35)33-21-25-15-10-14-24-13-6-7-16-27(24)25/h3-7,10-17,26H,2,8-9,18-22H2,1H3,(H,33,35)/t26-,32+/m1/s1. The highest BCUT2D eigenvalue weighted by molar-refractivity contribution is 5.92. The summed E-state index contributed by atoms with van der Waals surface area (Å²) in [6.45, 7) is 2.81. The summed E-state index contributed by atoms with van der Waals surface area (Å²) < 4.78 is 5.56. The molecule has 6 heteroatoms. The van der Waals surface area contributed by atoms with Crippen LogP contribution in [0.2, 0.25) is 0 Å². The molecule has 0 radical (unpaired) electrons. The number of nitrogens with zero attached hydrogens (tertiary/aromatic N) is 1. The minimum absolute atomic E-state index is 0.0311. The highest BCUT2D eigenvalue weighted by Gasteiger charge is 2.54. The minimum atomic E-state index is -0.905. The van der Waals surface area contributed by atoms with Gasteiger partial charge >= 0.3 is 5.97 Å². The van der Waals surface area contributed by atoms with Crippen molar-refractivity contribution in [1.29, 1.82) is 0 Å². The average molecular weight is 511 g/mol. The maximum absolute atomic E-state index is 13.8. The summed E-state index contributed by atoms with van der Waals surface area (Å²) in [6, 6.07) is 23.9. The summed E-state index contributed by atoms with van der Waals surface area (Å²) in [6.07, 6.45) is 4.62. The van der Waals surface area contributed by atoms with E-state index < -0.39 is 11.3 Å². The number of piperidine rings is 1. The third kappa shape index (κ3) is 5.08. The number of esters is 1. The monoisotopic (exact) mass is 510 g/mol. The first-order valence-electron chi connectivity index (χ1n) is 13.5. The van der Waals surface area contributed by atoms with Crippen molar-refractivity contribution < 1.29 is 19.1 Å². The van der Waals surface area contributed by atoms with E-state index in [1.54, 1.807) is 11.8 Å². The summed E-state index contributed by atoms with van der Waals surface area (Å²) in [5.41, 5.74) is 1.84. The van der Waals surface area contributed by atoms with Crippen molar-refractivity contribution in [2.24, 2.45) is 11.3 Å². The van der Waals surface area contributed by atoms with Crippen LogP contribution in [0, 0.1) is 11.3 Å². The smallest absolute Gasteiger partial charge is 0.318 e. The number of likely N-dealkylation sites (tertiary alicyclic amines) is 1. The highest BCUT2D eigenvalue weighted by Crippen LogP contribution is 2.50. The van der Waals surface area contributed by atoms with Crippen molar-refractivity contribution >= 4 is 28.6 Å². The van der Waals surface area contributed by atoms with Crippen molar-refractivity contribution in [1.82, 2.24) is 10.2 Å². The van der Waals surface area contributed by atoms with Gasteiger partial charge < -0.3 is 15.0 Å². The van der Waals surface area contributed by atoms with E-state index in [0.717, 1.165) is 40.4 Å². The Balaban J connectivity index is 1.39. The molecule has 3 aromatic rings. The third-order valence-electron chi connectivity index (χ3n) is 7.77. The largest absolute Gasteiger partial charge is 0.465 e. The van der Waals surface area contributed by atoms with Gasteiger partial charge in [0.05, 0.1) is 13.2 Å². The van der Waals surface area contributed by atoms with E-state index in [4.69, 9.17) is 4.74 Å². The molecule has 6 nitrogen and oxygen atoms in total. The topological polar surface area (TPSA) is 75.7 Å². The molecule has 1 N–H and O–H groups in total. The zero-order valence-electron chi connectivity index (χ0n) is 21.8. The molecule has 1 heterocycles. The second kappa shape index (κ2) is 11.2. The van der Waals surface area contributed by atoms with E-state index in [0.29, 0.717) is 25.9 Å². The van der Waals surface area contributed by atoms with Crippen LogP contribution in [-0.4, -0.2) is 29.3 Å². The summed E-state index contributed by atoms with van der Waals surface area (Å²) in [5.74, 6) is -1.20. The molecule has 2 amide bonds. The molecular weight excluding hydrogens is 476 g/mol. The predicted molar refractivity (Wildman–Crippen MR) is 147 cm³/mol. The van der Waals surface area contributed by atoms with Crippen LogP contribution < -0.4 is 5.32 Å². The Morgan fingerprint density at radius 1 is 1.03 bits per heavy atom. The van der Waals surface area contributed by atoms with E-state index in [2.05, 4.69) is 5.32 Å². The Hall–Kier alpha value is -3.93. The summed E-state index contributed by atoms with van der Waals surface area (Å²) in [4.78, 5) is 42.2. The van der Waals surface area contributed by atoms with Crippen LogP contribution in [0.3, 0.4) is 0 Å². The molecule has 1 aliphatic carbocycles. The molecule has 1 aliphatic heterocycles. The van der Waals surface area contributed by atoms with Gasteiger partial charge in [-0.15, -0.1) is 0 Å². The van der Waals surface area contributed by atoms with Gasteiger partial charge in [0.2, 0.25) is 11.8 Å². The Labute approximate surface area is 223 Å². The number of amides is 2. The molecule has 2 aliphatic rings. The van der Waals surface area contributed by atoms with Crippen molar-refractivity contribution in [3.05, 3.63) is 95.7 Å². The maximum Gasteiger partial charge on any atom is 0.318 e. The first kappa shape index (κ1) is 25.7. The summed E-state index contributed by atoms with van der Waals surface area (Å²) >= 11 is 0. The Morgan fingerprint density at radius 2 is 1.79 bits per heavy atom. The van der Waals surface area contributed by atoms with Gasteiger partial charge in [-0.3, -0.25) is 14.4 Å². The second-order valence-electron chi connectivity index (χ2n) is 10.2. The molecule has 38 heavy (non-hydrogen) atoms. The van der Waals surface area contributed by atoms with Crippen molar-refractivity contribution in [2.45, 2.75) is 52.1 Å². The molecule has 0 bridgehead atoms. The number of rotatable bonds is 8. The first-order chi connectivity index (χ1) is 18.5. The van der Waals surface area contributed by atoms with E-state index in [1.165, 1.54) is 0 Å². The van der Waals surface area contributed by atoms with Gasteiger partial charge in [0, 0.05) is 24.6 Å². The van der Waals surface area contributed by atoms with E-state index in [9.17, 15) is 14.4 Å². The molecule has 3 aromatic carbocycles. The number of allylic oxidation sites excluding steroid dienone is 1. The zero-order chi connectivity index (χ0) is 26.5. The average Bonchev–Trinajstić information content (AvgIpc) is 2.94. The van der Waals surface area contributed by atoms with E-state index in [1.807, 2.05) is 78.9 Å². The van der Waals surface area contributed by atoms with Crippen molar-refractivity contribution in [3.8, 4) is 0 Å². The van der Waals surface area contributed by atoms with E-state index in [-0.39, 0.29) is 30.8 Å². The Morgan fingerprint density at radius 3 is 2.61 bits per heavy atom. The quantitative estimate of drug-likeness (QED) is 0.406. The molecular formula is C32H34N2O4. The van der Waals surface area contributed by atoms with Gasteiger partial charge in [-0.2, -0.15) is 0 Å². The van der Waals surface area contributed by atoms with Crippen molar-refractivity contribution in [2.75, 3.05) is 6.61 Å². The predicted octanol–water partition coefficient (Wildman–Crippen LogP) is 5.51.